The zero-order valence-electron chi connectivity index (χ0n) is 10.1. The molecule has 0 radical (unpaired) electrons. The summed E-state index contributed by atoms with van der Waals surface area (Å²) in [6.07, 6.45) is 6.87. The molecule has 18 heavy (non-hydrogen) atoms. The molecule has 2 N–H and O–H groups in total. The summed E-state index contributed by atoms with van der Waals surface area (Å²) in [7, 11) is 0. The molecule has 0 bridgehead atoms. The third-order valence-corrected chi connectivity index (χ3v) is 3.00. The van der Waals surface area contributed by atoms with Gasteiger partial charge in [-0.1, -0.05) is 24.3 Å². The highest BCUT2D eigenvalue weighted by atomic mass is 16.4. The van der Waals surface area contributed by atoms with Gasteiger partial charge in [-0.2, -0.15) is 0 Å². The standard InChI is InChI=1S/C14H16O4/c1-3-5-10-9-14(7-4-2,13(17)18)8-6-11(10)12(15)16/h3-4,6,9H,1-2,5,7-8H2,(H,15,16)(H,17,18). The van der Waals surface area contributed by atoms with Crippen LogP contribution < -0.4 is 0 Å². The minimum Gasteiger partial charge on any atom is -0.481 e. The molecule has 0 aromatic carbocycles. The van der Waals surface area contributed by atoms with Crippen LogP contribution in [0.4, 0.5) is 0 Å². The summed E-state index contributed by atoms with van der Waals surface area (Å²) in [5.74, 6) is -2.01. The summed E-state index contributed by atoms with van der Waals surface area (Å²) in [5.41, 5.74) is -0.428. The molecule has 0 spiro atoms. The monoisotopic (exact) mass is 248 g/mol. The second-order valence-electron chi connectivity index (χ2n) is 4.24. The van der Waals surface area contributed by atoms with Crippen LogP contribution in [0.25, 0.3) is 0 Å². The Morgan fingerprint density at radius 3 is 2.44 bits per heavy atom. The third kappa shape index (κ3) is 2.59. The third-order valence-electron chi connectivity index (χ3n) is 3.00. The molecule has 0 aliphatic heterocycles. The first-order valence-corrected chi connectivity index (χ1v) is 5.57. The summed E-state index contributed by atoms with van der Waals surface area (Å²) in [4.78, 5) is 22.5. The van der Waals surface area contributed by atoms with Crippen molar-refractivity contribution in [2.75, 3.05) is 0 Å². The Kier molecular flexibility index (Phi) is 4.26. The molecule has 0 aromatic heterocycles. The molecule has 1 atom stereocenters. The predicted molar refractivity (Wildman–Crippen MR) is 68.1 cm³/mol. The van der Waals surface area contributed by atoms with Crippen LogP contribution in [-0.4, -0.2) is 22.2 Å². The van der Waals surface area contributed by atoms with Gasteiger partial charge < -0.3 is 10.2 Å². The number of carboxylic acids is 2. The van der Waals surface area contributed by atoms with Crippen LogP contribution in [0, 0.1) is 5.41 Å². The van der Waals surface area contributed by atoms with E-state index in [-0.39, 0.29) is 18.4 Å². The Morgan fingerprint density at radius 2 is 2.00 bits per heavy atom. The topological polar surface area (TPSA) is 74.6 Å². The Hall–Kier alpha value is -2.10. The van der Waals surface area contributed by atoms with Crippen molar-refractivity contribution in [3.05, 3.63) is 48.6 Å². The van der Waals surface area contributed by atoms with E-state index in [4.69, 9.17) is 5.11 Å². The van der Waals surface area contributed by atoms with Crippen LogP contribution in [-0.2, 0) is 9.59 Å². The molecule has 1 rings (SSSR count). The molecular weight excluding hydrogens is 232 g/mol. The highest BCUT2D eigenvalue weighted by molar-refractivity contribution is 5.93. The second kappa shape index (κ2) is 5.49. The number of carboxylic acid groups (broad SMARTS) is 2. The first-order chi connectivity index (χ1) is 8.46. The van der Waals surface area contributed by atoms with Gasteiger partial charge in [-0.3, -0.25) is 4.79 Å². The minimum atomic E-state index is -1.08. The van der Waals surface area contributed by atoms with Gasteiger partial charge in [0, 0.05) is 0 Å². The average molecular weight is 248 g/mol. The van der Waals surface area contributed by atoms with Gasteiger partial charge in [0.15, 0.2) is 0 Å². The number of hydrogen-bond donors (Lipinski definition) is 2. The molecule has 1 aliphatic carbocycles. The van der Waals surface area contributed by atoms with Crippen molar-refractivity contribution in [3.63, 3.8) is 0 Å². The Bertz CT molecular complexity index is 456. The van der Waals surface area contributed by atoms with E-state index in [2.05, 4.69) is 13.2 Å². The molecule has 0 amide bonds. The van der Waals surface area contributed by atoms with E-state index in [1.807, 2.05) is 0 Å². The van der Waals surface area contributed by atoms with Gasteiger partial charge >= 0.3 is 11.9 Å². The molecule has 0 saturated carbocycles. The van der Waals surface area contributed by atoms with E-state index in [0.29, 0.717) is 12.0 Å². The zero-order chi connectivity index (χ0) is 13.8. The van der Waals surface area contributed by atoms with Gasteiger partial charge in [0.05, 0.1) is 11.0 Å². The summed E-state index contributed by atoms with van der Waals surface area (Å²) in [5, 5.41) is 18.4. The number of rotatable bonds is 6. The van der Waals surface area contributed by atoms with Crippen LogP contribution in [0.2, 0.25) is 0 Å². The first-order valence-electron chi connectivity index (χ1n) is 5.57. The fourth-order valence-electron chi connectivity index (χ4n) is 2.07. The van der Waals surface area contributed by atoms with Crippen LogP contribution in [0.3, 0.4) is 0 Å². The Labute approximate surface area is 106 Å². The number of aliphatic carboxylic acids is 2. The molecule has 0 saturated heterocycles. The summed E-state index contributed by atoms with van der Waals surface area (Å²) < 4.78 is 0. The lowest BCUT2D eigenvalue weighted by atomic mass is 9.74. The van der Waals surface area contributed by atoms with E-state index in [1.54, 1.807) is 6.08 Å². The molecule has 0 heterocycles. The molecule has 4 heteroatoms. The highest BCUT2D eigenvalue weighted by Gasteiger charge is 2.38. The summed E-state index contributed by atoms with van der Waals surface area (Å²) in [6, 6.07) is 0. The second-order valence-corrected chi connectivity index (χ2v) is 4.24. The molecular formula is C14H16O4. The van der Waals surface area contributed by atoms with Crippen molar-refractivity contribution in [2.24, 2.45) is 5.41 Å². The van der Waals surface area contributed by atoms with Crippen LogP contribution in [0.15, 0.2) is 48.6 Å². The normalized spacial score (nSPS) is 22.7. The lowest BCUT2D eigenvalue weighted by molar-refractivity contribution is -0.146. The maximum atomic E-state index is 11.4. The van der Waals surface area contributed by atoms with Crippen LogP contribution in [0.1, 0.15) is 19.3 Å². The predicted octanol–water partition coefficient (Wildman–Crippen LogP) is 2.55. The molecule has 1 unspecified atom stereocenters. The molecule has 96 valence electrons. The van der Waals surface area contributed by atoms with E-state index in [1.165, 1.54) is 18.2 Å². The number of hydrogen-bond acceptors (Lipinski definition) is 2. The van der Waals surface area contributed by atoms with Gasteiger partial charge in [-0.15, -0.1) is 13.2 Å². The Morgan fingerprint density at radius 1 is 1.33 bits per heavy atom. The van der Waals surface area contributed by atoms with Crippen LogP contribution >= 0.6 is 0 Å². The SMILES string of the molecule is C=CCC1=CC(CC=C)(C(=O)O)CC=C1C(=O)O. The highest BCUT2D eigenvalue weighted by Crippen LogP contribution is 2.38. The van der Waals surface area contributed by atoms with Gasteiger partial charge in [-0.05, 0) is 24.8 Å². The maximum absolute atomic E-state index is 11.4. The van der Waals surface area contributed by atoms with Crippen molar-refractivity contribution in [1.82, 2.24) is 0 Å². The van der Waals surface area contributed by atoms with Crippen molar-refractivity contribution < 1.29 is 19.8 Å². The minimum absolute atomic E-state index is 0.163. The summed E-state index contributed by atoms with van der Waals surface area (Å²) in [6.45, 7) is 7.12. The lowest BCUT2D eigenvalue weighted by Gasteiger charge is -2.28. The molecule has 0 fully saturated rings. The van der Waals surface area contributed by atoms with E-state index in [9.17, 15) is 14.7 Å². The largest absolute Gasteiger partial charge is 0.481 e. The summed E-state index contributed by atoms with van der Waals surface area (Å²) >= 11 is 0. The van der Waals surface area contributed by atoms with Crippen molar-refractivity contribution >= 4 is 11.9 Å². The Balaban J connectivity index is 3.22. The molecule has 4 nitrogen and oxygen atoms in total. The van der Waals surface area contributed by atoms with Gasteiger partial charge in [0.1, 0.15) is 0 Å². The quantitative estimate of drug-likeness (QED) is 0.708. The van der Waals surface area contributed by atoms with Gasteiger partial charge in [-0.25, -0.2) is 4.79 Å². The van der Waals surface area contributed by atoms with Crippen LogP contribution in [0.5, 0.6) is 0 Å². The van der Waals surface area contributed by atoms with E-state index in [0.717, 1.165) is 0 Å². The van der Waals surface area contributed by atoms with Gasteiger partial charge in [0.2, 0.25) is 0 Å². The molecule has 1 aliphatic rings. The smallest absolute Gasteiger partial charge is 0.335 e. The van der Waals surface area contributed by atoms with E-state index >= 15 is 0 Å². The van der Waals surface area contributed by atoms with Gasteiger partial charge in [0.25, 0.3) is 0 Å². The number of carbonyl (C=O) groups is 2. The molecule has 0 aromatic rings. The zero-order valence-corrected chi connectivity index (χ0v) is 10.1. The fraction of sp³-hybridized carbons (Fsp3) is 0.286. The average Bonchev–Trinajstić information content (AvgIpc) is 2.29. The van der Waals surface area contributed by atoms with Crippen molar-refractivity contribution in [3.8, 4) is 0 Å². The number of allylic oxidation sites excluding steroid dienone is 3. The van der Waals surface area contributed by atoms with Crippen molar-refractivity contribution in [1.29, 1.82) is 0 Å². The first kappa shape index (κ1) is 14.0. The maximum Gasteiger partial charge on any atom is 0.335 e. The fourth-order valence-corrected chi connectivity index (χ4v) is 2.07. The van der Waals surface area contributed by atoms with E-state index < -0.39 is 17.4 Å². The van der Waals surface area contributed by atoms with Crippen molar-refractivity contribution in [2.45, 2.75) is 19.3 Å². The lowest BCUT2D eigenvalue weighted by Crippen LogP contribution is -2.31.